The van der Waals surface area contributed by atoms with Gasteiger partial charge in [0, 0.05) is 11.6 Å². The number of hydrogen-bond acceptors (Lipinski definition) is 3. The highest BCUT2D eigenvalue weighted by molar-refractivity contribution is 7.91. The molecule has 112 valence electrons. The Hall–Kier alpha value is -1.87. The minimum absolute atomic E-state index is 0.0371. The van der Waals surface area contributed by atoms with E-state index < -0.39 is 21.7 Å². The van der Waals surface area contributed by atoms with Crippen molar-refractivity contribution < 1.29 is 17.6 Å². The minimum atomic E-state index is -3.11. The molecule has 2 rings (SSSR count). The number of terminal acetylenes is 1. The Balaban J connectivity index is 2.28. The molecule has 1 fully saturated rings. The normalized spacial score (nSPS) is 20.0. The summed E-state index contributed by atoms with van der Waals surface area (Å²) in [4.78, 5) is 13.9. The van der Waals surface area contributed by atoms with E-state index in [2.05, 4.69) is 5.92 Å². The number of rotatable bonds is 3. The van der Waals surface area contributed by atoms with Crippen molar-refractivity contribution in [2.75, 3.05) is 18.1 Å². The van der Waals surface area contributed by atoms with Crippen LogP contribution in [-0.4, -0.2) is 43.3 Å². The van der Waals surface area contributed by atoms with E-state index in [1.807, 2.05) is 0 Å². The summed E-state index contributed by atoms with van der Waals surface area (Å²) in [6.45, 7) is 1.60. The maximum atomic E-state index is 13.3. The SMILES string of the molecule is C#CCN(C(=O)c1ccc(F)c(C)c1)C1CCS(=O)(=O)C1. The first-order chi connectivity index (χ1) is 9.84. The van der Waals surface area contributed by atoms with Gasteiger partial charge in [0.1, 0.15) is 5.82 Å². The van der Waals surface area contributed by atoms with Gasteiger partial charge in [-0.25, -0.2) is 12.8 Å². The van der Waals surface area contributed by atoms with Gasteiger partial charge in [-0.3, -0.25) is 4.79 Å². The third kappa shape index (κ3) is 3.42. The summed E-state index contributed by atoms with van der Waals surface area (Å²) in [5, 5.41) is 0. The number of aryl methyl sites for hydroxylation is 1. The first-order valence-corrected chi connectivity index (χ1v) is 8.37. The standard InChI is InChI=1S/C15H16FNO3S/c1-3-7-17(13-6-8-21(19,20)10-13)15(18)12-4-5-14(16)11(2)9-12/h1,4-5,9,13H,6-8,10H2,2H3. The summed E-state index contributed by atoms with van der Waals surface area (Å²) in [7, 11) is -3.11. The number of carbonyl (C=O) groups excluding carboxylic acids is 1. The molecule has 0 saturated carbocycles. The Morgan fingerprint density at radius 3 is 2.76 bits per heavy atom. The van der Waals surface area contributed by atoms with Crippen molar-refractivity contribution in [2.45, 2.75) is 19.4 Å². The predicted octanol–water partition coefficient (Wildman–Crippen LogP) is 1.40. The average Bonchev–Trinajstić information content (AvgIpc) is 2.78. The molecule has 0 spiro atoms. The molecule has 1 saturated heterocycles. The predicted molar refractivity (Wildman–Crippen MR) is 78.1 cm³/mol. The molecular formula is C15H16FNO3S. The zero-order valence-electron chi connectivity index (χ0n) is 11.7. The summed E-state index contributed by atoms with van der Waals surface area (Å²) in [6.07, 6.45) is 5.67. The minimum Gasteiger partial charge on any atom is -0.323 e. The van der Waals surface area contributed by atoms with Crippen LogP contribution in [0.1, 0.15) is 22.3 Å². The van der Waals surface area contributed by atoms with Crippen molar-refractivity contribution in [1.29, 1.82) is 0 Å². The first-order valence-electron chi connectivity index (χ1n) is 6.55. The van der Waals surface area contributed by atoms with Gasteiger partial charge in [-0.15, -0.1) is 6.42 Å². The topological polar surface area (TPSA) is 54.5 Å². The molecule has 1 aromatic rings. The van der Waals surface area contributed by atoms with Crippen LogP contribution in [0, 0.1) is 25.1 Å². The van der Waals surface area contributed by atoms with Crippen LogP contribution in [0.4, 0.5) is 4.39 Å². The average molecular weight is 309 g/mol. The summed E-state index contributed by atoms with van der Waals surface area (Å²) >= 11 is 0. The zero-order chi connectivity index (χ0) is 15.6. The summed E-state index contributed by atoms with van der Waals surface area (Å²) < 4.78 is 36.4. The molecular weight excluding hydrogens is 293 g/mol. The molecule has 0 N–H and O–H groups in total. The van der Waals surface area contributed by atoms with Gasteiger partial charge >= 0.3 is 0 Å². The van der Waals surface area contributed by atoms with E-state index in [0.717, 1.165) is 0 Å². The van der Waals surface area contributed by atoms with Crippen molar-refractivity contribution in [2.24, 2.45) is 0 Å². The number of amides is 1. The molecule has 21 heavy (non-hydrogen) atoms. The Kier molecular flexibility index (Phi) is 4.33. The van der Waals surface area contributed by atoms with Crippen molar-refractivity contribution >= 4 is 15.7 Å². The van der Waals surface area contributed by atoms with E-state index in [-0.39, 0.29) is 24.0 Å². The van der Waals surface area contributed by atoms with Crippen LogP contribution in [0.15, 0.2) is 18.2 Å². The summed E-state index contributed by atoms with van der Waals surface area (Å²) in [6, 6.07) is 3.65. The highest BCUT2D eigenvalue weighted by atomic mass is 32.2. The molecule has 1 heterocycles. The van der Waals surface area contributed by atoms with Crippen LogP contribution < -0.4 is 0 Å². The molecule has 6 heteroatoms. The Morgan fingerprint density at radius 2 is 2.24 bits per heavy atom. The lowest BCUT2D eigenvalue weighted by atomic mass is 10.1. The van der Waals surface area contributed by atoms with Crippen LogP contribution in [0.2, 0.25) is 0 Å². The second-order valence-electron chi connectivity index (χ2n) is 5.16. The molecule has 4 nitrogen and oxygen atoms in total. The Bertz CT molecular complexity index is 706. The van der Waals surface area contributed by atoms with E-state index in [1.165, 1.54) is 23.1 Å². The van der Waals surface area contributed by atoms with E-state index in [0.29, 0.717) is 17.5 Å². The lowest BCUT2D eigenvalue weighted by molar-refractivity contribution is 0.0724. The van der Waals surface area contributed by atoms with Gasteiger partial charge in [-0.2, -0.15) is 0 Å². The number of hydrogen-bond donors (Lipinski definition) is 0. The maximum Gasteiger partial charge on any atom is 0.254 e. The van der Waals surface area contributed by atoms with E-state index >= 15 is 0 Å². The van der Waals surface area contributed by atoms with Gasteiger partial charge < -0.3 is 4.90 Å². The molecule has 1 atom stereocenters. The summed E-state index contributed by atoms with van der Waals surface area (Å²) in [5.41, 5.74) is 0.675. The second-order valence-corrected chi connectivity index (χ2v) is 7.39. The fourth-order valence-corrected chi connectivity index (χ4v) is 4.16. The van der Waals surface area contributed by atoms with Crippen molar-refractivity contribution in [3.05, 3.63) is 35.1 Å². The lowest BCUT2D eigenvalue weighted by Crippen LogP contribution is -2.41. The molecule has 0 aromatic heterocycles. The van der Waals surface area contributed by atoms with Crippen LogP contribution in [0.3, 0.4) is 0 Å². The molecule has 0 radical (unpaired) electrons. The van der Waals surface area contributed by atoms with E-state index in [9.17, 15) is 17.6 Å². The second kappa shape index (κ2) is 5.86. The number of sulfone groups is 1. The maximum absolute atomic E-state index is 13.3. The quantitative estimate of drug-likeness (QED) is 0.793. The van der Waals surface area contributed by atoms with Crippen molar-refractivity contribution in [3.63, 3.8) is 0 Å². The smallest absolute Gasteiger partial charge is 0.254 e. The van der Waals surface area contributed by atoms with Crippen molar-refractivity contribution in [3.8, 4) is 12.3 Å². The highest BCUT2D eigenvalue weighted by Gasteiger charge is 2.34. The van der Waals surface area contributed by atoms with Gasteiger partial charge in [0.05, 0.1) is 18.1 Å². The summed E-state index contributed by atoms with van der Waals surface area (Å²) in [5.74, 6) is 1.63. The van der Waals surface area contributed by atoms with Gasteiger partial charge in [0.25, 0.3) is 5.91 Å². The van der Waals surface area contributed by atoms with Crippen LogP contribution in [-0.2, 0) is 9.84 Å². The van der Waals surface area contributed by atoms with Gasteiger partial charge in [0.2, 0.25) is 0 Å². The van der Waals surface area contributed by atoms with E-state index in [4.69, 9.17) is 6.42 Å². The lowest BCUT2D eigenvalue weighted by Gasteiger charge is -2.26. The van der Waals surface area contributed by atoms with Crippen LogP contribution in [0.25, 0.3) is 0 Å². The number of halogens is 1. The van der Waals surface area contributed by atoms with Gasteiger partial charge in [0.15, 0.2) is 9.84 Å². The Morgan fingerprint density at radius 1 is 1.52 bits per heavy atom. The van der Waals surface area contributed by atoms with Crippen LogP contribution in [0.5, 0.6) is 0 Å². The number of benzene rings is 1. The van der Waals surface area contributed by atoms with Gasteiger partial charge in [-0.05, 0) is 37.1 Å². The molecule has 1 aromatic carbocycles. The first kappa shape index (κ1) is 15.5. The Labute approximate surface area is 123 Å². The number of carbonyl (C=O) groups is 1. The molecule has 0 bridgehead atoms. The van der Waals surface area contributed by atoms with Crippen molar-refractivity contribution in [1.82, 2.24) is 4.90 Å². The third-order valence-corrected chi connectivity index (χ3v) is 5.33. The molecule has 0 aliphatic carbocycles. The molecule has 1 unspecified atom stereocenters. The van der Waals surface area contributed by atoms with Crippen LogP contribution >= 0.6 is 0 Å². The molecule has 1 aliphatic heterocycles. The fourth-order valence-electron chi connectivity index (χ4n) is 2.43. The fraction of sp³-hybridized carbons (Fsp3) is 0.400. The zero-order valence-corrected chi connectivity index (χ0v) is 12.5. The van der Waals surface area contributed by atoms with E-state index in [1.54, 1.807) is 6.92 Å². The molecule has 1 aliphatic rings. The monoisotopic (exact) mass is 309 g/mol. The third-order valence-electron chi connectivity index (χ3n) is 3.58. The number of nitrogens with zero attached hydrogens (tertiary/aromatic N) is 1. The molecule has 1 amide bonds. The highest BCUT2D eigenvalue weighted by Crippen LogP contribution is 2.20. The van der Waals surface area contributed by atoms with Gasteiger partial charge in [-0.1, -0.05) is 5.92 Å². The largest absolute Gasteiger partial charge is 0.323 e.